The number of carboxylic acids is 1. The summed E-state index contributed by atoms with van der Waals surface area (Å²) in [7, 11) is 0. The molecule has 7 heteroatoms. The number of carboxylic acid groups (broad SMARTS) is 1. The Balaban J connectivity index is 2.25. The van der Waals surface area contributed by atoms with Crippen LogP contribution in [-0.4, -0.2) is 34.3 Å². The SMILES string of the molecule is O=C(O)CNC(=O)c1cc2c([nH]c1=O)CCSC2. The van der Waals surface area contributed by atoms with Gasteiger partial charge in [0.25, 0.3) is 11.5 Å². The summed E-state index contributed by atoms with van der Waals surface area (Å²) < 4.78 is 0. The number of aryl methyl sites for hydroxylation is 1. The number of H-pyrrole nitrogens is 1. The molecule has 0 radical (unpaired) electrons. The second-order valence-electron chi connectivity index (χ2n) is 3.89. The number of thioether (sulfide) groups is 1. The molecule has 0 atom stereocenters. The quantitative estimate of drug-likeness (QED) is 0.715. The van der Waals surface area contributed by atoms with Crippen LogP contribution in [0.2, 0.25) is 0 Å². The number of hydrogen-bond donors (Lipinski definition) is 3. The van der Waals surface area contributed by atoms with Crippen LogP contribution in [0.3, 0.4) is 0 Å². The van der Waals surface area contributed by atoms with Gasteiger partial charge in [-0.25, -0.2) is 0 Å². The van der Waals surface area contributed by atoms with Crippen LogP contribution < -0.4 is 10.9 Å². The van der Waals surface area contributed by atoms with Gasteiger partial charge in [-0.1, -0.05) is 0 Å². The lowest BCUT2D eigenvalue weighted by atomic mass is 10.1. The zero-order valence-corrected chi connectivity index (χ0v) is 10.3. The predicted molar refractivity (Wildman–Crippen MR) is 66.9 cm³/mol. The minimum Gasteiger partial charge on any atom is -0.480 e. The van der Waals surface area contributed by atoms with Crippen LogP contribution in [0.4, 0.5) is 0 Å². The standard InChI is InChI=1S/C11H12N2O4S/c14-9(15)4-12-10(16)7-3-6-5-18-2-1-8(6)13-11(7)17/h3H,1-2,4-5H2,(H,12,16)(H,13,17)(H,14,15). The molecule has 0 saturated carbocycles. The molecule has 6 nitrogen and oxygen atoms in total. The van der Waals surface area contributed by atoms with E-state index in [0.29, 0.717) is 0 Å². The molecule has 1 aliphatic heterocycles. The molecular formula is C11H12N2O4S. The van der Waals surface area contributed by atoms with Crippen molar-refractivity contribution >= 4 is 23.6 Å². The molecule has 0 bridgehead atoms. The summed E-state index contributed by atoms with van der Waals surface area (Å²) in [6.45, 7) is -0.496. The van der Waals surface area contributed by atoms with Crippen molar-refractivity contribution in [2.24, 2.45) is 0 Å². The Bertz CT molecular complexity index is 552. The van der Waals surface area contributed by atoms with Gasteiger partial charge in [-0.05, 0) is 23.8 Å². The van der Waals surface area contributed by atoms with Gasteiger partial charge in [-0.15, -0.1) is 0 Å². The third-order valence-corrected chi connectivity index (χ3v) is 3.62. The third-order valence-electron chi connectivity index (χ3n) is 2.61. The monoisotopic (exact) mass is 268 g/mol. The maximum atomic E-state index is 11.7. The third kappa shape index (κ3) is 2.73. The molecule has 3 N–H and O–H groups in total. The highest BCUT2D eigenvalue weighted by Crippen LogP contribution is 2.22. The second-order valence-corrected chi connectivity index (χ2v) is 5.00. The molecular weight excluding hydrogens is 256 g/mol. The molecule has 0 unspecified atom stereocenters. The molecule has 0 spiro atoms. The molecule has 1 aromatic heterocycles. The van der Waals surface area contributed by atoms with E-state index in [-0.39, 0.29) is 5.56 Å². The number of carbonyl (C=O) groups excluding carboxylic acids is 1. The predicted octanol–water partition coefficient (Wildman–Crippen LogP) is -0.0214. The van der Waals surface area contributed by atoms with Gasteiger partial charge in [-0.2, -0.15) is 11.8 Å². The Morgan fingerprint density at radius 2 is 2.28 bits per heavy atom. The summed E-state index contributed by atoms with van der Waals surface area (Å²) in [6, 6.07) is 1.55. The minimum atomic E-state index is -1.15. The minimum absolute atomic E-state index is 0.0301. The largest absolute Gasteiger partial charge is 0.480 e. The molecule has 1 aromatic rings. The number of hydrogen-bond acceptors (Lipinski definition) is 4. The lowest BCUT2D eigenvalue weighted by Crippen LogP contribution is -2.34. The molecule has 0 aromatic carbocycles. The maximum absolute atomic E-state index is 11.7. The fraction of sp³-hybridized carbons (Fsp3) is 0.364. The van der Waals surface area contributed by atoms with Gasteiger partial charge < -0.3 is 15.4 Å². The lowest BCUT2D eigenvalue weighted by Gasteiger charge is -2.15. The van der Waals surface area contributed by atoms with Gasteiger partial charge in [0, 0.05) is 11.4 Å². The van der Waals surface area contributed by atoms with E-state index >= 15 is 0 Å². The van der Waals surface area contributed by atoms with Gasteiger partial charge in [0.1, 0.15) is 12.1 Å². The molecule has 0 aliphatic carbocycles. The Labute approximate surface area is 107 Å². The fourth-order valence-corrected chi connectivity index (χ4v) is 2.71. The van der Waals surface area contributed by atoms with E-state index in [1.54, 1.807) is 17.8 Å². The van der Waals surface area contributed by atoms with Crippen LogP contribution in [0.1, 0.15) is 21.6 Å². The molecule has 0 fully saturated rings. The molecule has 1 aliphatic rings. The van der Waals surface area contributed by atoms with Crippen LogP contribution in [0.25, 0.3) is 0 Å². The van der Waals surface area contributed by atoms with Gasteiger partial charge in [0.2, 0.25) is 0 Å². The molecule has 2 heterocycles. The van der Waals surface area contributed by atoms with Crippen LogP contribution in [0.15, 0.2) is 10.9 Å². The number of carbonyl (C=O) groups is 2. The van der Waals surface area contributed by atoms with Crippen molar-refractivity contribution in [3.63, 3.8) is 0 Å². The van der Waals surface area contributed by atoms with Crippen LogP contribution >= 0.6 is 11.8 Å². The summed E-state index contributed by atoms with van der Waals surface area (Å²) >= 11 is 1.73. The second kappa shape index (κ2) is 5.26. The number of fused-ring (bicyclic) bond motifs is 1. The summed E-state index contributed by atoms with van der Waals surface area (Å²) in [4.78, 5) is 36.4. The number of aromatic nitrogens is 1. The Morgan fingerprint density at radius 3 is 3.00 bits per heavy atom. The Hall–Kier alpha value is -1.76. The number of pyridine rings is 1. The summed E-state index contributed by atoms with van der Waals surface area (Å²) in [5.74, 6) is -0.0935. The van der Waals surface area contributed by atoms with E-state index in [2.05, 4.69) is 10.3 Å². The smallest absolute Gasteiger partial charge is 0.322 e. The van der Waals surface area contributed by atoms with Crippen molar-refractivity contribution in [2.75, 3.05) is 12.3 Å². The van der Waals surface area contributed by atoms with E-state index in [4.69, 9.17) is 5.11 Å². The molecule has 18 heavy (non-hydrogen) atoms. The first-order valence-corrected chi connectivity index (χ1v) is 6.56. The van der Waals surface area contributed by atoms with Gasteiger partial charge >= 0.3 is 5.97 Å². The van der Waals surface area contributed by atoms with Crippen molar-refractivity contribution in [1.29, 1.82) is 0 Å². The average Bonchev–Trinajstić information content (AvgIpc) is 2.35. The first kappa shape index (κ1) is 12.7. The summed E-state index contributed by atoms with van der Waals surface area (Å²) in [6.07, 6.45) is 0.784. The normalized spacial score (nSPS) is 13.8. The van der Waals surface area contributed by atoms with E-state index < -0.39 is 24.0 Å². The number of amides is 1. The van der Waals surface area contributed by atoms with Crippen LogP contribution in [0.5, 0.6) is 0 Å². The van der Waals surface area contributed by atoms with Gasteiger partial charge in [0.15, 0.2) is 0 Å². The highest BCUT2D eigenvalue weighted by molar-refractivity contribution is 7.98. The molecule has 1 amide bonds. The topological polar surface area (TPSA) is 99.3 Å². The van der Waals surface area contributed by atoms with E-state index in [1.807, 2.05) is 0 Å². The number of nitrogens with one attached hydrogen (secondary N) is 2. The van der Waals surface area contributed by atoms with E-state index in [1.165, 1.54) is 0 Å². The number of rotatable bonds is 3. The zero-order valence-electron chi connectivity index (χ0n) is 9.49. The molecule has 2 rings (SSSR count). The first-order valence-electron chi connectivity index (χ1n) is 5.40. The molecule has 96 valence electrons. The van der Waals surface area contributed by atoms with Gasteiger partial charge in [-0.3, -0.25) is 14.4 Å². The van der Waals surface area contributed by atoms with E-state index in [0.717, 1.165) is 29.2 Å². The van der Waals surface area contributed by atoms with Crippen LogP contribution in [-0.2, 0) is 17.0 Å². The van der Waals surface area contributed by atoms with Crippen molar-refractivity contribution in [2.45, 2.75) is 12.2 Å². The molecule has 0 saturated heterocycles. The fourth-order valence-electron chi connectivity index (χ4n) is 1.74. The van der Waals surface area contributed by atoms with Crippen molar-refractivity contribution in [3.05, 3.63) is 33.2 Å². The number of aromatic amines is 1. The first-order chi connectivity index (χ1) is 8.58. The zero-order chi connectivity index (χ0) is 13.1. The van der Waals surface area contributed by atoms with Gasteiger partial charge in [0.05, 0.1) is 0 Å². The maximum Gasteiger partial charge on any atom is 0.322 e. The van der Waals surface area contributed by atoms with Crippen molar-refractivity contribution in [3.8, 4) is 0 Å². The summed E-state index contributed by atoms with van der Waals surface area (Å²) in [5.41, 5.74) is 1.31. The Kier molecular flexibility index (Phi) is 3.71. The average molecular weight is 268 g/mol. The Morgan fingerprint density at radius 1 is 1.50 bits per heavy atom. The van der Waals surface area contributed by atoms with E-state index in [9.17, 15) is 14.4 Å². The highest BCUT2D eigenvalue weighted by Gasteiger charge is 2.17. The van der Waals surface area contributed by atoms with Crippen molar-refractivity contribution in [1.82, 2.24) is 10.3 Å². The number of aliphatic carboxylic acids is 1. The summed E-state index contributed by atoms with van der Waals surface area (Å²) in [5, 5.41) is 10.6. The van der Waals surface area contributed by atoms with Crippen molar-refractivity contribution < 1.29 is 14.7 Å². The lowest BCUT2D eigenvalue weighted by molar-refractivity contribution is -0.135. The highest BCUT2D eigenvalue weighted by atomic mass is 32.2. The van der Waals surface area contributed by atoms with Crippen LogP contribution in [0, 0.1) is 0 Å².